The van der Waals surface area contributed by atoms with E-state index >= 15 is 0 Å². The summed E-state index contributed by atoms with van der Waals surface area (Å²) in [6.45, 7) is 3.49. The lowest BCUT2D eigenvalue weighted by Gasteiger charge is -2.32. The van der Waals surface area contributed by atoms with Gasteiger partial charge in [0.1, 0.15) is 11.9 Å². The van der Waals surface area contributed by atoms with Gasteiger partial charge in [0.15, 0.2) is 0 Å². The molecule has 1 saturated heterocycles. The molecule has 0 spiro atoms. The van der Waals surface area contributed by atoms with Crippen molar-refractivity contribution < 1.29 is 18.7 Å². The molecule has 1 aliphatic heterocycles. The van der Waals surface area contributed by atoms with Crippen molar-refractivity contribution in [3.8, 4) is 0 Å². The molecule has 3 rings (SSSR count). The smallest absolute Gasteiger partial charge is 0.328 e. The van der Waals surface area contributed by atoms with E-state index in [4.69, 9.17) is 4.74 Å². The maximum atomic E-state index is 13.3. The van der Waals surface area contributed by atoms with Gasteiger partial charge in [0, 0.05) is 29.4 Å². The number of hydrogen-bond donors (Lipinski definition) is 3. The van der Waals surface area contributed by atoms with Crippen molar-refractivity contribution in [1.29, 1.82) is 0 Å². The second-order valence-electron chi connectivity index (χ2n) is 6.50. The summed E-state index contributed by atoms with van der Waals surface area (Å²) >= 11 is 0. The van der Waals surface area contributed by atoms with Crippen LogP contribution in [0, 0.1) is 17.7 Å². The number of fused-ring (bicyclic) bond motifs is 1. The largest absolute Gasteiger partial charge is 0.467 e. The Morgan fingerprint density at radius 3 is 2.80 bits per heavy atom. The van der Waals surface area contributed by atoms with Crippen LogP contribution in [0.1, 0.15) is 12.5 Å². The third-order valence-corrected chi connectivity index (χ3v) is 4.89. The lowest BCUT2D eigenvalue weighted by molar-refractivity contribution is -0.145. The summed E-state index contributed by atoms with van der Waals surface area (Å²) in [4.78, 5) is 27.6. The summed E-state index contributed by atoms with van der Waals surface area (Å²) in [7, 11) is 1.30. The van der Waals surface area contributed by atoms with Gasteiger partial charge < -0.3 is 20.4 Å². The molecule has 2 unspecified atom stereocenters. The van der Waals surface area contributed by atoms with E-state index in [1.807, 2.05) is 6.92 Å². The number of rotatable bonds is 6. The lowest BCUT2D eigenvalue weighted by atomic mass is 9.88. The van der Waals surface area contributed by atoms with Crippen LogP contribution in [0.5, 0.6) is 0 Å². The van der Waals surface area contributed by atoms with Crippen molar-refractivity contribution >= 4 is 22.8 Å². The third kappa shape index (κ3) is 3.66. The zero-order valence-corrected chi connectivity index (χ0v) is 14.3. The van der Waals surface area contributed by atoms with E-state index in [1.54, 1.807) is 12.3 Å². The average Bonchev–Trinajstić information content (AvgIpc) is 2.93. The number of carbonyl (C=O) groups excluding carboxylic acids is 2. The van der Waals surface area contributed by atoms with Gasteiger partial charge in [-0.3, -0.25) is 4.79 Å². The second-order valence-corrected chi connectivity index (χ2v) is 6.50. The van der Waals surface area contributed by atoms with Crippen LogP contribution in [0.2, 0.25) is 0 Å². The van der Waals surface area contributed by atoms with Crippen molar-refractivity contribution in [1.82, 2.24) is 15.6 Å². The molecule has 1 aliphatic rings. The first-order chi connectivity index (χ1) is 12.0. The van der Waals surface area contributed by atoms with Crippen molar-refractivity contribution in [3.63, 3.8) is 0 Å². The highest BCUT2D eigenvalue weighted by Crippen LogP contribution is 2.21. The number of halogens is 1. The molecule has 1 fully saturated rings. The van der Waals surface area contributed by atoms with Crippen LogP contribution in [-0.2, 0) is 20.7 Å². The van der Waals surface area contributed by atoms with Crippen LogP contribution < -0.4 is 10.6 Å². The van der Waals surface area contributed by atoms with Crippen LogP contribution in [0.25, 0.3) is 10.9 Å². The van der Waals surface area contributed by atoms with Gasteiger partial charge >= 0.3 is 5.97 Å². The molecule has 0 radical (unpaired) electrons. The fraction of sp³-hybridized carbons (Fsp3) is 0.444. The monoisotopic (exact) mass is 347 g/mol. The fourth-order valence-electron chi connectivity index (χ4n) is 3.06. The number of aromatic amines is 1. The Morgan fingerprint density at radius 1 is 1.40 bits per heavy atom. The number of amides is 1. The van der Waals surface area contributed by atoms with E-state index in [-0.39, 0.29) is 30.0 Å². The number of aromatic nitrogens is 1. The van der Waals surface area contributed by atoms with Crippen molar-refractivity contribution in [2.75, 3.05) is 20.2 Å². The topological polar surface area (TPSA) is 83.2 Å². The van der Waals surface area contributed by atoms with E-state index in [1.165, 1.54) is 19.2 Å². The number of nitrogens with one attached hydrogen (secondary N) is 3. The van der Waals surface area contributed by atoms with Gasteiger partial charge in [-0.2, -0.15) is 0 Å². The minimum atomic E-state index is -0.781. The zero-order valence-electron chi connectivity index (χ0n) is 14.3. The van der Waals surface area contributed by atoms with Crippen molar-refractivity contribution in [3.05, 3.63) is 35.8 Å². The Bertz CT molecular complexity index is 785. The minimum absolute atomic E-state index is 0.159. The van der Waals surface area contributed by atoms with E-state index < -0.39 is 12.0 Å². The molecular weight excluding hydrogens is 325 g/mol. The van der Waals surface area contributed by atoms with Crippen LogP contribution in [-0.4, -0.2) is 43.1 Å². The predicted molar refractivity (Wildman–Crippen MR) is 91.4 cm³/mol. The number of ether oxygens (including phenoxy) is 1. The Hall–Kier alpha value is -2.41. The lowest BCUT2D eigenvalue weighted by Crippen LogP contribution is -2.52. The molecule has 7 heteroatoms. The quantitative estimate of drug-likeness (QED) is 0.689. The summed E-state index contributed by atoms with van der Waals surface area (Å²) < 4.78 is 18.1. The van der Waals surface area contributed by atoms with Crippen LogP contribution in [0.15, 0.2) is 24.4 Å². The summed E-state index contributed by atoms with van der Waals surface area (Å²) in [5.74, 6) is -0.877. The molecule has 1 aromatic carbocycles. The summed E-state index contributed by atoms with van der Waals surface area (Å²) in [6, 6.07) is 3.65. The fourth-order valence-corrected chi connectivity index (χ4v) is 3.06. The van der Waals surface area contributed by atoms with Crippen LogP contribution >= 0.6 is 0 Å². The normalized spacial score (nSPS) is 16.9. The number of methoxy groups -OCH3 is 1. The van der Waals surface area contributed by atoms with Gasteiger partial charge in [-0.15, -0.1) is 0 Å². The Kier molecular flexibility index (Phi) is 5.03. The van der Waals surface area contributed by atoms with Crippen LogP contribution in [0.3, 0.4) is 0 Å². The number of hydrogen-bond acceptors (Lipinski definition) is 4. The van der Waals surface area contributed by atoms with Gasteiger partial charge in [0.2, 0.25) is 5.91 Å². The highest BCUT2D eigenvalue weighted by atomic mass is 19.1. The molecule has 1 aromatic heterocycles. The number of H-pyrrole nitrogens is 1. The maximum Gasteiger partial charge on any atom is 0.328 e. The van der Waals surface area contributed by atoms with Gasteiger partial charge in [0.05, 0.1) is 7.11 Å². The molecule has 2 atom stereocenters. The zero-order chi connectivity index (χ0) is 18.0. The second kappa shape index (κ2) is 7.23. The number of esters is 1. The molecule has 134 valence electrons. The number of carbonyl (C=O) groups is 2. The molecule has 1 amide bonds. The van der Waals surface area contributed by atoms with E-state index in [0.717, 1.165) is 24.0 Å². The average molecular weight is 347 g/mol. The molecule has 2 aromatic rings. The van der Waals surface area contributed by atoms with Crippen LogP contribution in [0.4, 0.5) is 4.39 Å². The molecular formula is C18H22FN3O3. The Morgan fingerprint density at radius 2 is 2.16 bits per heavy atom. The summed E-state index contributed by atoms with van der Waals surface area (Å²) in [6.07, 6.45) is 2.01. The first kappa shape index (κ1) is 17.4. The Balaban J connectivity index is 1.76. The number of benzene rings is 1. The highest BCUT2D eigenvalue weighted by Gasteiger charge is 2.31. The first-order valence-corrected chi connectivity index (χ1v) is 8.34. The SMILES string of the molecule is COC(=O)C(Cc1c[nH]c2cc(F)ccc12)NC(=O)C(C)C1CNC1. The maximum absolute atomic E-state index is 13.3. The molecule has 0 bridgehead atoms. The van der Waals surface area contributed by atoms with Gasteiger partial charge in [-0.05, 0) is 42.8 Å². The molecule has 6 nitrogen and oxygen atoms in total. The summed E-state index contributed by atoms with van der Waals surface area (Å²) in [5.41, 5.74) is 1.47. The van der Waals surface area contributed by atoms with E-state index in [2.05, 4.69) is 15.6 Å². The van der Waals surface area contributed by atoms with Gasteiger partial charge in [-0.25, -0.2) is 9.18 Å². The molecule has 2 heterocycles. The summed E-state index contributed by atoms with van der Waals surface area (Å²) in [5, 5.41) is 6.76. The molecule has 25 heavy (non-hydrogen) atoms. The standard InChI is InChI=1S/C18H22FN3O3/c1-10(12-7-20-8-12)17(23)22-16(18(24)25-2)5-11-9-21-15-6-13(19)3-4-14(11)15/h3-4,6,9-10,12,16,20-21H,5,7-8H2,1-2H3,(H,22,23). The van der Waals surface area contributed by atoms with E-state index in [0.29, 0.717) is 5.52 Å². The first-order valence-electron chi connectivity index (χ1n) is 8.34. The minimum Gasteiger partial charge on any atom is -0.467 e. The Labute approximate surface area is 145 Å². The predicted octanol–water partition coefficient (Wildman–Crippen LogP) is 1.36. The molecule has 0 aliphatic carbocycles. The third-order valence-electron chi connectivity index (χ3n) is 4.89. The van der Waals surface area contributed by atoms with Crippen molar-refractivity contribution in [2.24, 2.45) is 11.8 Å². The van der Waals surface area contributed by atoms with Gasteiger partial charge in [0.25, 0.3) is 0 Å². The molecule has 3 N–H and O–H groups in total. The van der Waals surface area contributed by atoms with Crippen molar-refractivity contribution in [2.45, 2.75) is 19.4 Å². The molecule has 0 saturated carbocycles. The van der Waals surface area contributed by atoms with Gasteiger partial charge in [-0.1, -0.05) is 6.92 Å². The highest BCUT2D eigenvalue weighted by molar-refractivity contribution is 5.88. The van der Waals surface area contributed by atoms with E-state index in [9.17, 15) is 14.0 Å².